The second kappa shape index (κ2) is 6.53. The molecule has 118 valence electrons. The Hall–Kier alpha value is -1.47. The predicted octanol–water partition coefficient (Wildman–Crippen LogP) is 2.55. The van der Waals surface area contributed by atoms with Gasteiger partial charge in [-0.15, -0.1) is 0 Å². The molecule has 1 aromatic carbocycles. The van der Waals surface area contributed by atoms with Crippen LogP contribution in [0.5, 0.6) is 0 Å². The molecule has 2 N–H and O–H groups in total. The van der Waals surface area contributed by atoms with Crippen molar-refractivity contribution in [1.82, 2.24) is 4.72 Å². The van der Waals surface area contributed by atoms with Gasteiger partial charge in [0, 0.05) is 11.6 Å². The molecule has 0 aliphatic rings. The molecule has 0 spiro atoms. The standard InChI is InChI=1S/C14H20FNO4S/c1-5-8(2)10(4)16-21(19,20)13-7-11(14(17)18)6-12(15)9(13)3/h6-8,10,16H,5H2,1-4H3,(H,17,18). The Kier molecular flexibility index (Phi) is 5.47. The van der Waals surface area contributed by atoms with Gasteiger partial charge in [-0.1, -0.05) is 20.3 Å². The van der Waals surface area contributed by atoms with E-state index in [0.29, 0.717) is 0 Å². The van der Waals surface area contributed by atoms with Crippen molar-refractivity contribution in [2.24, 2.45) is 5.92 Å². The van der Waals surface area contributed by atoms with E-state index in [0.717, 1.165) is 18.6 Å². The fraction of sp³-hybridized carbons (Fsp3) is 0.500. The fourth-order valence-electron chi connectivity index (χ4n) is 1.83. The molecule has 0 saturated carbocycles. The minimum absolute atomic E-state index is 0.0937. The highest BCUT2D eigenvalue weighted by Crippen LogP contribution is 2.22. The van der Waals surface area contributed by atoms with Crippen molar-refractivity contribution < 1.29 is 22.7 Å². The Morgan fingerprint density at radius 1 is 1.38 bits per heavy atom. The molecule has 1 rings (SSSR count). The van der Waals surface area contributed by atoms with Crippen LogP contribution in [0.25, 0.3) is 0 Å². The number of nitrogens with one attached hydrogen (secondary N) is 1. The third kappa shape index (κ3) is 4.01. The predicted molar refractivity (Wildman–Crippen MR) is 77.3 cm³/mol. The fourth-order valence-corrected chi connectivity index (χ4v) is 3.47. The van der Waals surface area contributed by atoms with Gasteiger partial charge in [0.2, 0.25) is 10.0 Å². The van der Waals surface area contributed by atoms with Crippen molar-refractivity contribution in [3.63, 3.8) is 0 Å². The van der Waals surface area contributed by atoms with Gasteiger partial charge in [-0.05, 0) is 31.9 Å². The quantitative estimate of drug-likeness (QED) is 0.844. The van der Waals surface area contributed by atoms with Gasteiger partial charge in [0.05, 0.1) is 10.5 Å². The number of aromatic carboxylic acids is 1. The van der Waals surface area contributed by atoms with Crippen molar-refractivity contribution >= 4 is 16.0 Å². The number of hydrogen-bond donors (Lipinski definition) is 2. The van der Waals surface area contributed by atoms with Crippen molar-refractivity contribution in [2.45, 2.75) is 45.1 Å². The molecule has 0 aromatic heterocycles. The van der Waals surface area contributed by atoms with Gasteiger partial charge < -0.3 is 5.11 Å². The molecule has 21 heavy (non-hydrogen) atoms. The first-order chi connectivity index (χ1) is 9.60. The van der Waals surface area contributed by atoms with Crippen LogP contribution in [0.2, 0.25) is 0 Å². The van der Waals surface area contributed by atoms with Crippen molar-refractivity contribution in [2.75, 3.05) is 0 Å². The van der Waals surface area contributed by atoms with E-state index in [1.165, 1.54) is 6.92 Å². The van der Waals surface area contributed by atoms with E-state index >= 15 is 0 Å². The molecular formula is C14H20FNO4S. The van der Waals surface area contributed by atoms with Gasteiger partial charge in [0.25, 0.3) is 0 Å². The van der Waals surface area contributed by atoms with Crippen LogP contribution in [0.15, 0.2) is 17.0 Å². The van der Waals surface area contributed by atoms with Crippen LogP contribution in [0, 0.1) is 18.7 Å². The van der Waals surface area contributed by atoms with Crippen LogP contribution in [-0.2, 0) is 10.0 Å². The molecule has 0 aliphatic carbocycles. The number of halogens is 1. The molecule has 0 bridgehead atoms. The number of carbonyl (C=O) groups is 1. The molecule has 0 saturated heterocycles. The number of carboxylic acid groups (broad SMARTS) is 1. The average molecular weight is 317 g/mol. The summed E-state index contributed by atoms with van der Waals surface area (Å²) in [5, 5.41) is 8.92. The van der Waals surface area contributed by atoms with Crippen molar-refractivity contribution in [3.05, 3.63) is 29.1 Å². The smallest absolute Gasteiger partial charge is 0.335 e. The van der Waals surface area contributed by atoms with Crippen molar-refractivity contribution in [1.29, 1.82) is 0 Å². The van der Waals surface area contributed by atoms with Crippen LogP contribution in [0.3, 0.4) is 0 Å². The summed E-state index contributed by atoms with van der Waals surface area (Å²) in [5.41, 5.74) is -0.487. The van der Waals surface area contributed by atoms with Gasteiger partial charge in [-0.25, -0.2) is 22.3 Å². The van der Waals surface area contributed by atoms with E-state index in [1.807, 2.05) is 13.8 Å². The first-order valence-corrected chi connectivity index (χ1v) is 8.14. The highest BCUT2D eigenvalue weighted by atomic mass is 32.2. The Labute approximate surface area is 124 Å². The Bertz CT molecular complexity index is 643. The Morgan fingerprint density at radius 2 is 1.95 bits per heavy atom. The summed E-state index contributed by atoms with van der Waals surface area (Å²) in [6, 6.07) is 1.46. The lowest BCUT2D eigenvalue weighted by atomic mass is 10.0. The van der Waals surface area contributed by atoms with E-state index in [2.05, 4.69) is 4.72 Å². The van der Waals surface area contributed by atoms with E-state index in [4.69, 9.17) is 5.11 Å². The van der Waals surface area contributed by atoms with Crippen LogP contribution >= 0.6 is 0 Å². The molecule has 1 aromatic rings. The van der Waals surface area contributed by atoms with Gasteiger partial charge in [0.15, 0.2) is 0 Å². The average Bonchev–Trinajstić information content (AvgIpc) is 2.39. The number of rotatable bonds is 6. The SMILES string of the molecule is CCC(C)C(C)NS(=O)(=O)c1cc(C(=O)O)cc(F)c1C. The lowest BCUT2D eigenvalue weighted by molar-refractivity contribution is 0.0696. The molecule has 5 nitrogen and oxygen atoms in total. The molecule has 0 amide bonds. The van der Waals surface area contributed by atoms with Crippen molar-refractivity contribution in [3.8, 4) is 0 Å². The zero-order chi connectivity index (χ0) is 16.4. The number of benzene rings is 1. The molecule has 0 aliphatic heterocycles. The van der Waals surface area contributed by atoms with E-state index in [-0.39, 0.29) is 22.4 Å². The lowest BCUT2D eigenvalue weighted by Gasteiger charge is -2.20. The summed E-state index contributed by atoms with van der Waals surface area (Å²) in [4.78, 5) is 10.6. The summed E-state index contributed by atoms with van der Waals surface area (Å²) in [6.45, 7) is 6.86. The highest BCUT2D eigenvalue weighted by Gasteiger charge is 2.25. The number of hydrogen-bond acceptors (Lipinski definition) is 3. The molecule has 7 heteroatoms. The summed E-state index contributed by atoms with van der Waals surface area (Å²) in [7, 11) is -3.98. The first-order valence-electron chi connectivity index (χ1n) is 6.66. The first kappa shape index (κ1) is 17.6. The molecular weight excluding hydrogens is 297 g/mol. The minimum Gasteiger partial charge on any atom is -0.478 e. The second-order valence-corrected chi connectivity index (χ2v) is 6.86. The van der Waals surface area contributed by atoms with E-state index < -0.39 is 27.4 Å². The van der Waals surface area contributed by atoms with Gasteiger partial charge in [-0.2, -0.15) is 0 Å². The highest BCUT2D eigenvalue weighted by molar-refractivity contribution is 7.89. The molecule has 2 unspecified atom stereocenters. The summed E-state index contributed by atoms with van der Waals surface area (Å²) in [5.74, 6) is -2.13. The molecule has 0 radical (unpaired) electrons. The third-order valence-electron chi connectivity index (χ3n) is 3.67. The molecule has 0 fully saturated rings. The van der Waals surface area contributed by atoms with Crippen LogP contribution in [0.1, 0.15) is 43.1 Å². The van der Waals surface area contributed by atoms with Gasteiger partial charge in [0.1, 0.15) is 5.82 Å². The topological polar surface area (TPSA) is 83.5 Å². The zero-order valence-corrected chi connectivity index (χ0v) is 13.3. The second-order valence-electron chi connectivity index (χ2n) is 5.18. The summed E-state index contributed by atoms with van der Waals surface area (Å²) >= 11 is 0. The van der Waals surface area contributed by atoms with Crippen LogP contribution < -0.4 is 4.72 Å². The summed E-state index contributed by atoms with van der Waals surface area (Å²) in [6.07, 6.45) is 0.784. The maximum Gasteiger partial charge on any atom is 0.335 e. The van der Waals surface area contributed by atoms with Gasteiger partial charge >= 0.3 is 5.97 Å². The van der Waals surface area contributed by atoms with E-state index in [9.17, 15) is 17.6 Å². The molecule has 0 heterocycles. The Balaban J connectivity index is 3.28. The lowest BCUT2D eigenvalue weighted by Crippen LogP contribution is -2.37. The van der Waals surface area contributed by atoms with Gasteiger partial charge in [-0.3, -0.25) is 0 Å². The van der Waals surface area contributed by atoms with Crippen LogP contribution in [0.4, 0.5) is 4.39 Å². The third-order valence-corrected chi connectivity index (χ3v) is 5.36. The largest absolute Gasteiger partial charge is 0.478 e. The monoisotopic (exact) mass is 317 g/mol. The maximum absolute atomic E-state index is 13.7. The molecule has 2 atom stereocenters. The Morgan fingerprint density at radius 3 is 2.43 bits per heavy atom. The minimum atomic E-state index is -3.98. The van der Waals surface area contributed by atoms with E-state index in [1.54, 1.807) is 6.92 Å². The zero-order valence-electron chi connectivity index (χ0n) is 12.5. The summed E-state index contributed by atoms with van der Waals surface area (Å²) < 4.78 is 40.9. The van der Waals surface area contributed by atoms with Crippen LogP contribution in [-0.4, -0.2) is 25.5 Å². The maximum atomic E-state index is 13.7. The normalized spacial score (nSPS) is 14.7. The number of sulfonamides is 1. The number of carboxylic acids is 1.